The molecular weight excluding hydrogens is 244 g/mol. The van der Waals surface area contributed by atoms with Crippen molar-refractivity contribution in [1.29, 1.82) is 0 Å². The first kappa shape index (κ1) is 13.3. The Labute approximate surface area is 111 Å². The van der Waals surface area contributed by atoms with Crippen molar-refractivity contribution in [2.75, 3.05) is 0 Å². The van der Waals surface area contributed by atoms with E-state index in [9.17, 15) is 4.79 Å². The molecule has 0 amide bonds. The summed E-state index contributed by atoms with van der Waals surface area (Å²) >= 11 is 0. The van der Waals surface area contributed by atoms with Gasteiger partial charge >= 0.3 is 0 Å². The van der Waals surface area contributed by atoms with Gasteiger partial charge in [-0.3, -0.25) is 4.79 Å². The molecule has 0 radical (unpaired) electrons. The number of carbonyl (C=O) groups excluding carboxylic acids is 1. The number of ketones is 1. The van der Waals surface area contributed by atoms with Crippen LogP contribution in [0.3, 0.4) is 0 Å². The average Bonchev–Trinajstić information content (AvgIpc) is 2.93. The minimum absolute atomic E-state index is 0.123. The largest absolute Gasteiger partial charge is 0.485 e. The van der Waals surface area contributed by atoms with Crippen LogP contribution < -0.4 is 4.74 Å². The molecule has 0 N–H and O–H groups in total. The van der Waals surface area contributed by atoms with E-state index in [-0.39, 0.29) is 12.4 Å². The highest BCUT2D eigenvalue weighted by atomic mass is 16.5. The van der Waals surface area contributed by atoms with Crippen molar-refractivity contribution in [3.63, 3.8) is 0 Å². The Morgan fingerprint density at radius 3 is 2.58 bits per heavy atom. The van der Waals surface area contributed by atoms with Crippen molar-refractivity contribution >= 4 is 5.78 Å². The van der Waals surface area contributed by atoms with Gasteiger partial charge in [-0.15, -0.1) is 0 Å². The molecule has 0 atom stereocenters. The fourth-order valence-electron chi connectivity index (χ4n) is 1.58. The molecule has 0 saturated carbocycles. The fourth-order valence-corrected chi connectivity index (χ4v) is 1.58. The van der Waals surface area contributed by atoms with E-state index in [1.54, 1.807) is 24.3 Å². The van der Waals surface area contributed by atoms with Gasteiger partial charge in [-0.1, -0.05) is 19.0 Å². The van der Waals surface area contributed by atoms with Crippen molar-refractivity contribution in [2.45, 2.75) is 33.3 Å². The summed E-state index contributed by atoms with van der Waals surface area (Å²) in [6, 6.07) is 7.05. The SMILES string of the molecule is CCC(=O)c1ccc(OCc2noc(CC)n2)cc1. The summed E-state index contributed by atoms with van der Waals surface area (Å²) in [6.45, 7) is 4.04. The number of Topliss-reactive ketones (excluding diaryl/α,β-unsaturated/α-hetero) is 1. The van der Waals surface area contributed by atoms with Crippen molar-refractivity contribution in [1.82, 2.24) is 10.1 Å². The molecule has 1 aromatic carbocycles. The maximum absolute atomic E-state index is 11.5. The number of aryl methyl sites for hydroxylation is 1. The van der Waals surface area contributed by atoms with Gasteiger partial charge in [-0.05, 0) is 24.3 Å². The maximum atomic E-state index is 11.5. The second kappa shape index (κ2) is 6.13. The van der Waals surface area contributed by atoms with Gasteiger partial charge in [0.05, 0.1) is 0 Å². The Hall–Kier alpha value is -2.17. The lowest BCUT2D eigenvalue weighted by Crippen LogP contribution is -1.99. The van der Waals surface area contributed by atoms with Crippen LogP contribution in [0.5, 0.6) is 5.75 Å². The molecule has 1 heterocycles. The summed E-state index contributed by atoms with van der Waals surface area (Å²) in [7, 11) is 0. The lowest BCUT2D eigenvalue weighted by molar-refractivity contribution is 0.0988. The van der Waals surface area contributed by atoms with Crippen LogP contribution in [-0.4, -0.2) is 15.9 Å². The molecule has 5 nitrogen and oxygen atoms in total. The van der Waals surface area contributed by atoms with Crippen molar-refractivity contribution in [3.05, 3.63) is 41.5 Å². The molecule has 0 unspecified atom stereocenters. The van der Waals surface area contributed by atoms with Gasteiger partial charge in [0.25, 0.3) is 0 Å². The topological polar surface area (TPSA) is 65.2 Å². The standard InChI is InChI=1S/C14H16N2O3/c1-3-12(17)10-5-7-11(8-6-10)18-9-13-15-14(4-2)19-16-13/h5-8H,3-4,9H2,1-2H3. The number of hydrogen-bond acceptors (Lipinski definition) is 5. The predicted molar refractivity (Wildman–Crippen MR) is 69.1 cm³/mol. The highest BCUT2D eigenvalue weighted by molar-refractivity contribution is 5.95. The maximum Gasteiger partial charge on any atom is 0.226 e. The third-order valence-corrected chi connectivity index (χ3v) is 2.68. The zero-order chi connectivity index (χ0) is 13.7. The Bertz CT molecular complexity index is 546. The normalized spacial score (nSPS) is 10.4. The Morgan fingerprint density at radius 2 is 2.00 bits per heavy atom. The lowest BCUT2D eigenvalue weighted by atomic mass is 10.1. The van der Waals surface area contributed by atoms with Gasteiger partial charge in [0.1, 0.15) is 5.75 Å². The van der Waals surface area contributed by atoms with Gasteiger partial charge in [0.2, 0.25) is 11.7 Å². The average molecular weight is 260 g/mol. The zero-order valence-electron chi connectivity index (χ0n) is 11.0. The minimum Gasteiger partial charge on any atom is -0.485 e. The number of benzene rings is 1. The van der Waals surface area contributed by atoms with Crippen LogP contribution in [0.2, 0.25) is 0 Å². The lowest BCUT2D eigenvalue weighted by Gasteiger charge is -2.04. The number of carbonyl (C=O) groups is 1. The molecule has 0 bridgehead atoms. The van der Waals surface area contributed by atoms with Crippen LogP contribution in [0.4, 0.5) is 0 Å². The first-order valence-electron chi connectivity index (χ1n) is 6.30. The van der Waals surface area contributed by atoms with Crippen LogP contribution in [0, 0.1) is 0 Å². The molecule has 0 fully saturated rings. The molecule has 1 aromatic heterocycles. The quantitative estimate of drug-likeness (QED) is 0.747. The van der Waals surface area contributed by atoms with Crippen molar-refractivity contribution < 1.29 is 14.1 Å². The van der Waals surface area contributed by atoms with E-state index in [2.05, 4.69) is 10.1 Å². The van der Waals surface area contributed by atoms with Crippen molar-refractivity contribution in [3.8, 4) is 5.75 Å². The molecule has 100 valence electrons. The van der Waals surface area contributed by atoms with E-state index < -0.39 is 0 Å². The number of nitrogens with zero attached hydrogens (tertiary/aromatic N) is 2. The van der Waals surface area contributed by atoms with Gasteiger partial charge in [0.15, 0.2) is 12.4 Å². The molecule has 19 heavy (non-hydrogen) atoms. The number of ether oxygens (including phenoxy) is 1. The summed E-state index contributed by atoms with van der Waals surface area (Å²) in [5.41, 5.74) is 0.697. The van der Waals surface area contributed by atoms with E-state index in [4.69, 9.17) is 9.26 Å². The molecule has 0 aliphatic heterocycles. The summed E-state index contributed by atoms with van der Waals surface area (Å²) < 4.78 is 10.5. The summed E-state index contributed by atoms with van der Waals surface area (Å²) in [5.74, 6) is 1.92. The van der Waals surface area contributed by atoms with E-state index in [0.717, 1.165) is 0 Å². The number of rotatable bonds is 6. The molecule has 5 heteroatoms. The number of aromatic nitrogens is 2. The molecule has 0 spiro atoms. The predicted octanol–water partition coefficient (Wildman–Crippen LogP) is 2.80. The molecule has 2 aromatic rings. The first-order chi connectivity index (χ1) is 9.22. The fraction of sp³-hybridized carbons (Fsp3) is 0.357. The van der Waals surface area contributed by atoms with Crippen LogP contribution >= 0.6 is 0 Å². The third-order valence-electron chi connectivity index (χ3n) is 2.68. The molecular formula is C14H16N2O3. The van der Waals surface area contributed by atoms with Crippen LogP contribution in [0.15, 0.2) is 28.8 Å². The minimum atomic E-state index is 0.123. The van der Waals surface area contributed by atoms with Crippen LogP contribution in [0.1, 0.15) is 42.3 Å². The van der Waals surface area contributed by atoms with Crippen LogP contribution in [-0.2, 0) is 13.0 Å². The van der Waals surface area contributed by atoms with Crippen LogP contribution in [0.25, 0.3) is 0 Å². The summed E-state index contributed by atoms with van der Waals surface area (Å²) in [6.07, 6.45) is 1.21. The smallest absolute Gasteiger partial charge is 0.226 e. The molecule has 0 saturated heterocycles. The second-order valence-electron chi connectivity index (χ2n) is 4.05. The highest BCUT2D eigenvalue weighted by Gasteiger charge is 2.06. The summed E-state index contributed by atoms with van der Waals surface area (Å²) in [4.78, 5) is 15.6. The first-order valence-corrected chi connectivity index (χ1v) is 6.30. The molecule has 2 rings (SSSR count). The van der Waals surface area contributed by atoms with E-state index in [1.165, 1.54) is 0 Å². The van der Waals surface area contributed by atoms with Gasteiger partial charge in [-0.2, -0.15) is 4.98 Å². The van der Waals surface area contributed by atoms with Gasteiger partial charge in [0, 0.05) is 18.4 Å². The van der Waals surface area contributed by atoms with E-state index >= 15 is 0 Å². The van der Waals surface area contributed by atoms with Gasteiger partial charge < -0.3 is 9.26 Å². The molecule has 0 aliphatic rings. The Kier molecular flexibility index (Phi) is 4.28. The van der Waals surface area contributed by atoms with E-state index in [1.807, 2.05) is 13.8 Å². The second-order valence-corrected chi connectivity index (χ2v) is 4.05. The number of hydrogen-bond donors (Lipinski definition) is 0. The van der Waals surface area contributed by atoms with Gasteiger partial charge in [-0.25, -0.2) is 0 Å². The third kappa shape index (κ3) is 3.40. The Balaban J connectivity index is 1.94. The molecule has 0 aliphatic carbocycles. The van der Waals surface area contributed by atoms with E-state index in [0.29, 0.717) is 35.9 Å². The Morgan fingerprint density at radius 1 is 1.26 bits per heavy atom. The summed E-state index contributed by atoms with van der Waals surface area (Å²) in [5, 5.41) is 3.80. The zero-order valence-corrected chi connectivity index (χ0v) is 11.0. The van der Waals surface area contributed by atoms with Crippen molar-refractivity contribution in [2.24, 2.45) is 0 Å². The monoisotopic (exact) mass is 260 g/mol. The highest BCUT2D eigenvalue weighted by Crippen LogP contribution is 2.14.